The molecule has 0 aliphatic heterocycles. The second kappa shape index (κ2) is 2.77. The molecule has 0 saturated carbocycles. The molecule has 0 bridgehead atoms. The van der Waals surface area contributed by atoms with Crippen molar-refractivity contribution in [3.05, 3.63) is 15.2 Å². The lowest BCUT2D eigenvalue weighted by molar-refractivity contribution is 0.916. The van der Waals surface area contributed by atoms with Crippen molar-refractivity contribution in [2.45, 2.75) is 19.3 Å². The molecular formula is C9H9N3S2. The number of nitrogens with one attached hydrogen (secondary N) is 1. The number of nitrogen functional groups attached to an aromatic ring is 1. The van der Waals surface area contributed by atoms with Gasteiger partial charge in [0.25, 0.3) is 0 Å². The summed E-state index contributed by atoms with van der Waals surface area (Å²) >= 11 is 6.78. The van der Waals surface area contributed by atoms with Gasteiger partial charge in [-0.05, 0) is 37.0 Å². The third-order valence-corrected chi connectivity index (χ3v) is 4.12. The Morgan fingerprint density at radius 2 is 2.29 bits per heavy atom. The van der Waals surface area contributed by atoms with E-state index in [-0.39, 0.29) is 0 Å². The van der Waals surface area contributed by atoms with Crippen LogP contribution in [-0.4, -0.2) is 9.97 Å². The van der Waals surface area contributed by atoms with Gasteiger partial charge in [0.05, 0.1) is 10.2 Å². The van der Waals surface area contributed by atoms with Gasteiger partial charge in [0.2, 0.25) is 0 Å². The van der Waals surface area contributed by atoms with Crippen LogP contribution in [0.4, 0.5) is 5.82 Å². The Morgan fingerprint density at radius 3 is 3.14 bits per heavy atom. The Hall–Kier alpha value is -0.940. The molecule has 14 heavy (non-hydrogen) atoms. The normalized spacial score (nSPS) is 14.9. The summed E-state index contributed by atoms with van der Waals surface area (Å²) in [7, 11) is 0. The molecule has 0 spiro atoms. The van der Waals surface area contributed by atoms with Gasteiger partial charge in [-0.15, -0.1) is 11.3 Å². The van der Waals surface area contributed by atoms with Gasteiger partial charge in [-0.2, -0.15) is 0 Å². The average molecular weight is 223 g/mol. The third kappa shape index (κ3) is 1.02. The van der Waals surface area contributed by atoms with Crippen molar-refractivity contribution < 1.29 is 0 Å². The van der Waals surface area contributed by atoms with Crippen molar-refractivity contribution in [1.29, 1.82) is 0 Å². The fourth-order valence-electron chi connectivity index (χ4n) is 2.01. The number of nitrogens with two attached hydrogens (primary N) is 1. The van der Waals surface area contributed by atoms with Gasteiger partial charge >= 0.3 is 0 Å². The SMILES string of the molecule is Nc1nc(=S)[nH]c2c3c(sc12)CCC3. The standard InChI is InChI=1S/C9H9N3S2/c10-8-7-6(11-9(13)12-8)4-2-1-3-5(4)14-7/h1-3H2,(H3,10,11,12,13). The number of aromatic nitrogens is 2. The number of anilines is 1. The number of thiophene rings is 1. The predicted molar refractivity (Wildman–Crippen MR) is 61.2 cm³/mol. The summed E-state index contributed by atoms with van der Waals surface area (Å²) in [6.45, 7) is 0. The lowest BCUT2D eigenvalue weighted by Gasteiger charge is -1.96. The molecule has 0 radical (unpaired) electrons. The Kier molecular flexibility index (Phi) is 1.66. The molecule has 0 amide bonds. The number of hydrogen-bond donors (Lipinski definition) is 2. The van der Waals surface area contributed by atoms with Gasteiger partial charge in [-0.3, -0.25) is 0 Å². The molecule has 5 heteroatoms. The highest BCUT2D eigenvalue weighted by molar-refractivity contribution is 7.71. The number of aryl methyl sites for hydroxylation is 2. The van der Waals surface area contributed by atoms with Crippen molar-refractivity contribution in [3.63, 3.8) is 0 Å². The first-order chi connectivity index (χ1) is 6.75. The largest absolute Gasteiger partial charge is 0.382 e. The van der Waals surface area contributed by atoms with E-state index in [1.165, 1.54) is 23.3 Å². The molecule has 1 aliphatic rings. The zero-order valence-corrected chi connectivity index (χ0v) is 9.10. The molecular weight excluding hydrogens is 214 g/mol. The predicted octanol–water partition coefficient (Wildman–Crippen LogP) is 2.42. The molecule has 2 aromatic rings. The van der Waals surface area contributed by atoms with E-state index in [4.69, 9.17) is 18.0 Å². The Balaban J connectivity index is 2.49. The van der Waals surface area contributed by atoms with E-state index in [0.29, 0.717) is 10.6 Å². The maximum Gasteiger partial charge on any atom is 0.199 e. The summed E-state index contributed by atoms with van der Waals surface area (Å²) in [6, 6.07) is 0. The number of rotatable bonds is 0. The molecule has 0 fully saturated rings. The smallest absolute Gasteiger partial charge is 0.199 e. The lowest BCUT2D eigenvalue weighted by atomic mass is 10.2. The van der Waals surface area contributed by atoms with Gasteiger partial charge in [-0.25, -0.2) is 4.98 Å². The summed E-state index contributed by atoms with van der Waals surface area (Å²) in [5.74, 6) is 0.572. The minimum Gasteiger partial charge on any atom is -0.382 e. The summed E-state index contributed by atoms with van der Waals surface area (Å²) in [5.41, 5.74) is 8.36. The van der Waals surface area contributed by atoms with Crippen molar-refractivity contribution in [2.24, 2.45) is 0 Å². The van der Waals surface area contributed by atoms with Crippen LogP contribution in [0.5, 0.6) is 0 Å². The zero-order chi connectivity index (χ0) is 9.71. The Morgan fingerprint density at radius 1 is 1.43 bits per heavy atom. The summed E-state index contributed by atoms with van der Waals surface area (Å²) in [5, 5.41) is 0. The first-order valence-electron chi connectivity index (χ1n) is 4.56. The van der Waals surface area contributed by atoms with Gasteiger partial charge in [0.1, 0.15) is 5.82 Å². The average Bonchev–Trinajstić information content (AvgIpc) is 2.65. The molecule has 0 aromatic carbocycles. The van der Waals surface area contributed by atoms with Crippen molar-refractivity contribution in [1.82, 2.24) is 9.97 Å². The van der Waals surface area contributed by atoms with Crippen LogP contribution < -0.4 is 5.73 Å². The summed E-state index contributed by atoms with van der Waals surface area (Å²) in [6.07, 6.45) is 3.57. The summed E-state index contributed by atoms with van der Waals surface area (Å²) < 4.78 is 1.56. The summed E-state index contributed by atoms with van der Waals surface area (Å²) in [4.78, 5) is 8.66. The molecule has 1 aliphatic carbocycles. The van der Waals surface area contributed by atoms with Crippen LogP contribution in [-0.2, 0) is 12.8 Å². The third-order valence-electron chi connectivity index (χ3n) is 2.61. The molecule has 3 rings (SSSR count). The topological polar surface area (TPSA) is 54.7 Å². The Labute approximate surface area is 90.0 Å². The monoisotopic (exact) mass is 223 g/mol. The van der Waals surface area contributed by atoms with E-state index < -0.39 is 0 Å². The number of aromatic amines is 1. The van der Waals surface area contributed by atoms with Gasteiger partial charge in [0.15, 0.2) is 4.77 Å². The first-order valence-corrected chi connectivity index (χ1v) is 5.78. The molecule has 3 N–H and O–H groups in total. The second-order valence-corrected chi connectivity index (χ2v) is 4.98. The maximum atomic E-state index is 5.83. The highest BCUT2D eigenvalue weighted by Crippen LogP contribution is 2.37. The number of H-pyrrole nitrogens is 1. The van der Waals surface area contributed by atoms with Crippen molar-refractivity contribution in [2.75, 3.05) is 5.73 Å². The molecule has 0 unspecified atom stereocenters. The van der Waals surface area contributed by atoms with E-state index in [1.807, 2.05) is 0 Å². The minimum atomic E-state index is 0.488. The van der Waals surface area contributed by atoms with Gasteiger partial charge in [0, 0.05) is 4.88 Å². The van der Waals surface area contributed by atoms with Gasteiger partial charge in [-0.1, -0.05) is 0 Å². The van der Waals surface area contributed by atoms with Crippen molar-refractivity contribution in [3.8, 4) is 0 Å². The van der Waals surface area contributed by atoms with E-state index in [2.05, 4.69) is 9.97 Å². The first kappa shape index (κ1) is 8.38. The van der Waals surface area contributed by atoms with E-state index in [9.17, 15) is 0 Å². The van der Waals surface area contributed by atoms with Gasteiger partial charge < -0.3 is 10.7 Å². The van der Waals surface area contributed by atoms with Crippen molar-refractivity contribution >= 4 is 39.6 Å². The second-order valence-electron chi connectivity index (χ2n) is 3.49. The van der Waals surface area contributed by atoms with Crippen LogP contribution >= 0.6 is 23.6 Å². The Bertz CT molecular complexity index is 567. The fourth-order valence-corrected chi connectivity index (χ4v) is 3.46. The highest BCUT2D eigenvalue weighted by atomic mass is 32.1. The zero-order valence-electron chi connectivity index (χ0n) is 7.46. The van der Waals surface area contributed by atoms with E-state index >= 15 is 0 Å². The van der Waals surface area contributed by atoms with Crippen LogP contribution in [0.3, 0.4) is 0 Å². The molecule has 3 nitrogen and oxygen atoms in total. The van der Waals surface area contributed by atoms with Crippen LogP contribution in [0.1, 0.15) is 16.9 Å². The fraction of sp³-hybridized carbons (Fsp3) is 0.333. The molecule has 0 saturated heterocycles. The van der Waals surface area contributed by atoms with E-state index in [0.717, 1.165) is 16.6 Å². The van der Waals surface area contributed by atoms with Crippen LogP contribution in [0.25, 0.3) is 10.2 Å². The lowest BCUT2D eigenvalue weighted by Crippen LogP contribution is -1.93. The molecule has 72 valence electrons. The van der Waals surface area contributed by atoms with Crippen LogP contribution in [0.2, 0.25) is 0 Å². The van der Waals surface area contributed by atoms with E-state index in [1.54, 1.807) is 11.3 Å². The maximum absolute atomic E-state index is 5.83. The number of hydrogen-bond acceptors (Lipinski definition) is 4. The highest BCUT2D eigenvalue weighted by Gasteiger charge is 2.19. The van der Waals surface area contributed by atoms with Crippen LogP contribution in [0, 0.1) is 4.77 Å². The minimum absolute atomic E-state index is 0.488. The number of fused-ring (bicyclic) bond motifs is 3. The van der Waals surface area contributed by atoms with Crippen LogP contribution in [0.15, 0.2) is 0 Å². The quantitative estimate of drug-likeness (QED) is 0.674. The number of nitrogens with zero attached hydrogens (tertiary/aromatic N) is 1. The molecule has 2 heterocycles. The molecule has 0 atom stereocenters. The molecule has 2 aromatic heterocycles.